The van der Waals surface area contributed by atoms with Gasteiger partial charge in [-0.05, 0) is 41.8 Å². The highest BCUT2D eigenvalue weighted by Gasteiger charge is 2.30. The number of halogens is 3. The second-order valence-electron chi connectivity index (χ2n) is 6.60. The summed E-state index contributed by atoms with van der Waals surface area (Å²) in [7, 11) is -0.970. The molecule has 0 unspecified atom stereocenters. The highest BCUT2D eigenvalue weighted by Crippen LogP contribution is 2.34. The van der Waals surface area contributed by atoms with Crippen molar-refractivity contribution >= 4 is 24.1 Å². The fourth-order valence-corrected chi connectivity index (χ4v) is 5.52. The van der Waals surface area contributed by atoms with Crippen molar-refractivity contribution in [1.29, 1.82) is 0 Å². The number of aryl methyl sites for hydroxylation is 1. The predicted molar refractivity (Wildman–Crippen MR) is 112 cm³/mol. The van der Waals surface area contributed by atoms with Gasteiger partial charge < -0.3 is 0 Å². The molecule has 4 rings (SSSR count). The first-order valence-corrected chi connectivity index (χ1v) is 10.4. The summed E-state index contributed by atoms with van der Waals surface area (Å²) in [6.07, 6.45) is -2.48. The fourth-order valence-electron chi connectivity index (χ4n) is 3.18. The van der Waals surface area contributed by atoms with Crippen LogP contribution in [-0.4, -0.2) is 9.55 Å². The maximum atomic E-state index is 13.0. The van der Waals surface area contributed by atoms with Crippen LogP contribution < -0.4 is 16.2 Å². The lowest BCUT2D eigenvalue weighted by atomic mass is 10.2. The SMILES string of the molecule is Cc1cn(-c2ccc(C(F)(F)F)cc2)c(P(c2ccccc2)c2ccccc2)n1. The Morgan fingerprint density at radius 3 is 1.76 bits per heavy atom. The first kappa shape index (κ1) is 19.4. The van der Waals surface area contributed by atoms with E-state index in [1.807, 2.05) is 54.1 Å². The van der Waals surface area contributed by atoms with E-state index in [2.05, 4.69) is 24.3 Å². The van der Waals surface area contributed by atoms with Crippen molar-refractivity contribution in [1.82, 2.24) is 9.55 Å². The Bertz CT molecular complexity index is 1050. The number of alkyl halides is 3. The van der Waals surface area contributed by atoms with E-state index in [9.17, 15) is 13.2 Å². The van der Waals surface area contributed by atoms with E-state index in [4.69, 9.17) is 4.98 Å². The quantitative estimate of drug-likeness (QED) is 0.435. The van der Waals surface area contributed by atoms with Crippen molar-refractivity contribution in [3.8, 4) is 5.69 Å². The van der Waals surface area contributed by atoms with E-state index >= 15 is 0 Å². The summed E-state index contributed by atoms with van der Waals surface area (Å²) in [6.45, 7) is 1.90. The van der Waals surface area contributed by atoms with Crippen LogP contribution in [0.5, 0.6) is 0 Å². The number of hydrogen-bond donors (Lipinski definition) is 0. The van der Waals surface area contributed by atoms with Gasteiger partial charge in [0.1, 0.15) is 5.57 Å². The second-order valence-corrected chi connectivity index (χ2v) is 8.71. The van der Waals surface area contributed by atoms with Crippen molar-refractivity contribution in [2.45, 2.75) is 13.1 Å². The van der Waals surface area contributed by atoms with Crippen LogP contribution in [0.25, 0.3) is 5.69 Å². The van der Waals surface area contributed by atoms with Gasteiger partial charge >= 0.3 is 6.18 Å². The Morgan fingerprint density at radius 1 is 0.759 bits per heavy atom. The molecule has 0 spiro atoms. The highest BCUT2D eigenvalue weighted by molar-refractivity contribution is 7.79. The van der Waals surface area contributed by atoms with Crippen LogP contribution in [0.4, 0.5) is 13.2 Å². The number of aromatic nitrogens is 2. The molecule has 0 bridgehead atoms. The van der Waals surface area contributed by atoms with Crippen molar-refractivity contribution in [2.24, 2.45) is 0 Å². The molecule has 3 aromatic carbocycles. The van der Waals surface area contributed by atoms with Gasteiger partial charge in [-0.2, -0.15) is 13.2 Å². The molecule has 0 atom stereocenters. The van der Waals surface area contributed by atoms with E-state index in [1.165, 1.54) is 12.1 Å². The van der Waals surface area contributed by atoms with E-state index in [-0.39, 0.29) is 0 Å². The van der Waals surface area contributed by atoms with Gasteiger partial charge in [0, 0.05) is 19.8 Å². The summed E-state index contributed by atoms with van der Waals surface area (Å²) < 4.78 is 40.8. The number of rotatable bonds is 4. The molecule has 146 valence electrons. The summed E-state index contributed by atoms with van der Waals surface area (Å²) in [5, 5.41) is 2.26. The first-order chi connectivity index (χ1) is 13.9. The van der Waals surface area contributed by atoms with Crippen LogP contribution in [0, 0.1) is 6.92 Å². The molecule has 4 aromatic rings. The van der Waals surface area contributed by atoms with Crippen LogP contribution in [0.3, 0.4) is 0 Å². The maximum Gasteiger partial charge on any atom is 0.416 e. The molecule has 0 saturated heterocycles. The van der Waals surface area contributed by atoms with E-state index in [1.54, 1.807) is 0 Å². The summed E-state index contributed by atoms with van der Waals surface area (Å²) >= 11 is 0. The minimum atomic E-state index is -4.35. The molecule has 2 nitrogen and oxygen atoms in total. The molecule has 0 N–H and O–H groups in total. The van der Waals surface area contributed by atoms with Gasteiger partial charge in [-0.1, -0.05) is 60.7 Å². The summed E-state index contributed by atoms with van der Waals surface area (Å²) in [6, 6.07) is 25.4. The van der Waals surface area contributed by atoms with Gasteiger partial charge in [0.15, 0.2) is 0 Å². The zero-order valence-electron chi connectivity index (χ0n) is 15.6. The zero-order chi connectivity index (χ0) is 20.4. The smallest absolute Gasteiger partial charge is 0.299 e. The van der Waals surface area contributed by atoms with E-state index in [0.717, 1.165) is 34.0 Å². The Balaban J connectivity index is 1.85. The van der Waals surface area contributed by atoms with Gasteiger partial charge in [0.05, 0.1) is 11.3 Å². The molecule has 0 aliphatic heterocycles. The number of hydrogen-bond acceptors (Lipinski definition) is 1. The third-order valence-corrected chi connectivity index (χ3v) is 6.85. The highest BCUT2D eigenvalue weighted by atomic mass is 31.1. The molecule has 0 fully saturated rings. The van der Waals surface area contributed by atoms with E-state index in [0.29, 0.717) is 5.69 Å². The average molecular weight is 410 g/mol. The van der Waals surface area contributed by atoms with Crippen LogP contribution in [0.1, 0.15) is 11.3 Å². The van der Waals surface area contributed by atoms with Gasteiger partial charge in [-0.15, -0.1) is 0 Å². The minimum absolute atomic E-state index is 0.659. The Morgan fingerprint density at radius 2 is 1.28 bits per heavy atom. The Kier molecular flexibility index (Phi) is 5.25. The van der Waals surface area contributed by atoms with Gasteiger partial charge in [0.25, 0.3) is 0 Å². The van der Waals surface area contributed by atoms with Gasteiger partial charge in [-0.3, -0.25) is 4.57 Å². The van der Waals surface area contributed by atoms with Gasteiger partial charge in [0.2, 0.25) is 0 Å². The standard InChI is InChI=1S/C23H18F3N2P/c1-17-16-28(19-14-12-18(13-15-19)23(24,25)26)22(27-17)29(20-8-4-2-5-9-20)21-10-6-3-7-11-21/h2-16H,1H3. The normalized spacial score (nSPS) is 11.8. The van der Waals surface area contributed by atoms with Crippen molar-refractivity contribution < 1.29 is 13.2 Å². The lowest BCUT2D eigenvalue weighted by molar-refractivity contribution is -0.137. The molecule has 0 radical (unpaired) electrons. The lowest BCUT2D eigenvalue weighted by Gasteiger charge is -2.20. The molecule has 1 heterocycles. The Hall–Kier alpha value is -2.91. The summed E-state index contributed by atoms with van der Waals surface area (Å²) in [5.74, 6) is 0. The molecule has 0 aliphatic carbocycles. The second kappa shape index (κ2) is 7.84. The van der Waals surface area contributed by atoms with E-state index < -0.39 is 19.7 Å². The first-order valence-electron chi connectivity index (χ1n) is 9.07. The molecular weight excluding hydrogens is 392 g/mol. The number of nitrogens with zero attached hydrogens (tertiary/aromatic N) is 2. The summed E-state index contributed by atoms with van der Waals surface area (Å²) in [5.41, 5.74) is 1.65. The molecule has 6 heteroatoms. The minimum Gasteiger partial charge on any atom is -0.299 e. The zero-order valence-corrected chi connectivity index (χ0v) is 16.5. The fraction of sp³-hybridized carbons (Fsp3) is 0.0870. The Labute approximate surface area is 168 Å². The molecule has 0 saturated carbocycles. The largest absolute Gasteiger partial charge is 0.416 e. The topological polar surface area (TPSA) is 17.8 Å². The predicted octanol–water partition coefficient (Wildman–Crippen LogP) is 4.96. The van der Waals surface area contributed by atoms with Crippen LogP contribution in [0.2, 0.25) is 0 Å². The summed E-state index contributed by atoms with van der Waals surface area (Å²) in [4.78, 5) is 4.78. The molecule has 0 aliphatic rings. The molecule has 29 heavy (non-hydrogen) atoms. The van der Waals surface area contributed by atoms with Crippen LogP contribution in [-0.2, 0) is 6.18 Å². The van der Waals surface area contributed by atoms with Crippen molar-refractivity contribution in [2.75, 3.05) is 0 Å². The molecular formula is C23H18F3N2P. The maximum absolute atomic E-state index is 13.0. The monoisotopic (exact) mass is 410 g/mol. The lowest BCUT2D eigenvalue weighted by Crippen LogP contribution is -2.27. The third-order valence-electron chi connectivity index (χ3n) is 4.51. The van der Waals surface area contributed by atoms with Crippen molar-refractivity contribution in [3.05, 3.63) is 102 Å². The van der Waals surface area contributed by atoms with Crippen molar-refractivity contribution in [3.63, 3.8) is 0 Å². The van der Waals surface area contributed by atoms with Crippen LogP contribution in [0.15, 0.2) is 91.1 Å². The molecule has 1 aromatic heterocycles. The number of benzene rings is 3. The average Bonchev–Trinajstić information content (AvgIpc) is 3.10. The van der Waals surface area contributed by atoms with Gasteiger partial charge in [-0.25, -0.2) is 4.98 Å². The number of imidazole rings is 1. The third kappa shape index (κ3) is 4.10. The van der Waals surface area contributed by atoms with Crippen LogP contribution >= 0.6 is 7.92 Å². The molecule has 0 amide bonds.